The number of aliphatic carboxylic acids is 1. The summed E-state index contributed by atoms with van der Waals surface area (Å²) in [4.78, 5) is 24.4. The number of carbonyl (C=O) groups excluding carboxylic acids is 1. The number of halogens is 1. The number of rotatable bonds is 3. The predicted octanol–water partition coefficient (Wildman–Crippen LogP) is 0.365. The highest BCUT2D eigenvalue weighted by atomic mass is 19.1. The number of nitrogens with one attached hydrogen (secondary N) is 1. The molecule has 1 aliphatic heterocycles. The van der Waals surface area contributed by atoms with Gasteiger partial charge < -0.3 is 15.3 Å². The van der Waals surface area contributed by atoms with Crippen LogP contribution in [0.25, 0.3) is 0 Å². The highest BCUT2D eigenvalue weighted by Gasteiger charge is 2.45. The molecule has 0 spiro atoms. The van der Waals surface area contributed by atoms with E-state index in [1.807, 2.05) is 0 Å². The van der Waals surface area contributed by atoms with Crippen molar-refractivity contribution in [3.05, 3.63) is 23.7 Å². The molecule has 6 heteroatoms. The van der Waals surface area contributed by atoms with Gasteiger partial charge in [-0.15, -0.1) is 0 Å². The third-order valence-corrected chi connectivity index (χ3v) is 3.47. The fourth-order valence-electron chi connectivity index (χ4n) is 2.36. The van der Waals surface area contributed by atoms with Gasteiger partial charge in [0.2, 0.25) is 5.91 Å². The molecule has 1 saturated heterocycles. The van der Waals surface area contributed by atoms with Crippen LogP contribution in [-0.4, -0.2) is 42.5 Å². The molecule has 1 fully saturated rings. The van der Waals surface area contributed by atoms with E-state index in [1.54, 1.807) is 25.1 Å². The topological polar surface area (TPSA) is 69.6 Å². The van der Waals surface area contributed by atoms with Crippen LogP contribution in [0, 0.1) is 29.6 Å². The zero-order valence-electron chi connectivity index (χ0n) is 11.2. The molecule has 2 aliphatic rings. The average molecular weight is 278 g/mol. The van der Waals surface area contributed by atoms with Gasteiger partial charge in [-0.25, -0.2) is 4.39 Å². The van der Waals surface area contributed by atoms with Crippen LogP contribution in [-0.2, 0) is 9.59 Å². The van der Waals surface area contributed by atoms with Crippen LogP contribution in [0.1, 0.15) is 0 Å². The first-order chi connectivity index (χ1) is 9.41. The Hall–Kier alpha value is -2.29. The number of allylic oxidation sites excluding steroid dienone is 3. The third kappa shape index (κ3) is 2.52. The number of carboxylic acid groups (broad SMARTS) is 1. The lowest BCUT2D eigenvalue weighted by atomic mass is 9.83. The van der Waals surface area contributed by atoms with Gasteiger partial charge in [0.25, 0.3) is 0 Å². The molecule has 1 amide bonds. The molecular weight excluding hydrogens is 263 g/mol. The maximum Gasteiger partial charge on any atom is 0.316 e. The van der Waals surface area contributed by atoms with Gasteiger partial charge in [0.1, 0.15) is 11.7 Å². The van der Waals surface area contributed by atoms with Crippen molar-refractivity contribution in [2.75, 3.05) is 20.6 Å². The summed E-state index contributed by atoms with van der Waals surface area (Å²) in [5.41, 5.74) is 0.599. The summed E-state index contributed by atoms with van der Waals surface area (Å²) < 4.78 is 14.3. The van der Waals surface area contributed by atoms with Crippen LogP contribution in [0.2, 0.25) is 0 Å². The lowest BCUT2D eigenvalue weighted by molar-refractivity contribution is -0.147. The van der Waals surface area contributed by atoms with Gasteiger partial charge in [0.15, 0.2) is 0 Å². The Morgan fingerprint density at radius 1 is 1.55 bits per heavy atom. The average Bonchev–Trinajstić information content (AvgIpc) is 2.62. The Bertz CT molecular complexity index is 569. The predicted molar refractivity (Wildman–Crippen MR) is 69.9 cm³/mol. The van der Waals surface area contributed by atoms with Crippen molar-refractivity contribution in [1.82, 2.24) is 10.2 Å². The lowest BCUT2D eigenvalue weighted by Crippen LogP contribution is -2.30. The Morgan fingerprint density at radius 2 is 2.25 bits per heavy atom. The van der Waals surface area contributed by atoms with Crippen LogP contribution in [0.15, 0.2) is 23.7 Å². The molecule has 0 aromatic carbocycles. The van der Waals surface area contributed by atoms with Crippen LogP contribution >= 0.6 is 0 Å². The minimum Gasteiger partial charge on any atom is -0.481 e. The molecule has 5 nitrogen and oxygen atoms in total. The zero-order chi connectivity index (χ0) is 14.9. The Balaban J connectivity index is 2.30. The molecule has 0 radical (unpaired) electrons. The van der Waals surface area contributed by atoms with Crippen molar-refractivity contribution < 1.29 is 19.1 Å². The molecular formula is C14H15FN2O3. The molecule has 0 aromatic heterocycles. The molecule has 1 aliphatic carbocycles. The number of carboxylic acids is 1. The molecule has 0 aromatic rings. The normalized spacial score (nSPS) is 28.6. The fraction of sp³-hybridized carbons (Fsp3) is 0.429. The minimum absolute atomic E-state index is 0.119. The number of nitrogens with zero attached hydrogens (tertiary/aromatic N) is 1. The number of hydrogen-bond donors (Lipinski definition) is 2. The van der Waals surface area contributed by atoms with E-state index in [0.29, 0.717) is 5.70 Å². The molecule has 2 unspecified atom stereocenters. The zero-order valence-corrected chi connectivity index (χ0v) is 11.2. The molecule has 20 heavy (non-hydrogen) atoms. The summed E-state index contributed by atoms with van der Waals surface area (Å²) in [7, 11) is 3.52. The molecule has 1 heterocycles. The van der Waals surface area contributed by atoms with Gasteiger partial charge in [-0.1, -0.05) is 11.8 Å². The third-order valence-electron chi connectivity index (χ3n) is 3.47. The SMILES string of the molecule is CN(C)C1=CC#CC(C2CNC(=O)[C@H]2C(=O)O)C(F)=C1. The Morgan fingerprint density at radius 3 is 2.85 bits per heavy atom. The molecule has 0 bridgehead atoms. The summed E-state index contributed by atoms with van der Waals surface area (Å²) in [6, 6.07) is 0. The largest absolute Gasteiger partial charge is 0.481 e. The summed E-state index contributed by atoms with van der Waals surface area (Å²) in [5, 5.41) is 11.6. The van der Waals surface area contributed by atoms with Crippen molar-refractivity contribution >= 4 is 11.9 Å². The van der Waals surface area contributed by atoms with Gasteiger partial charge in [-0.2, -0.15) is 0 Å². The summed E-state index contributed by atoms with van der Waals surface area (Å²) >= 11 is 0. The highest BCUT2D eigenvalue weighted by molar-refractivity contribution is 5.99. The first-order valence-corrected chi connectivity index (χ1v) is 6.18. The Kier molecular flexibility index (Phi) is 3.79. The van der Waals surface area contributed by atoms with Gasteiger partial charge in [0.05, 0.1) is 5.92 Å². The first-order valence-electron chi connectivity index (χ1n) is 6.18. The number of amides is 1. The second-order valence-electron chi connectivity index (χ2n) is 4.98. The van der Waals surface area contributed by atoms with Crippen molar-refractivity contribution in [1.29, 1.82) is 0 Å². The van der Waals surface area contributed by atoms with Crippen molar-refractivity contribution in [2.45, 2.75) is 0 Å². The summed E-state index contributed by atoms with van der Waals surface area (Å²) in [6.45, 7) is 0.119. The Labute approximate surface area is 116 Å². The van der Waals surface area contributed by atoms with E-state index in [4.69, 9.17) is 5.11 Å². The maximum atomic E-state index is 14.3. The summed E-state index contributed by atoms with van der Waals surface area (Å²) in [6.07, 6.45) is 2.89. The van der Waals surface area contributed by atoms with E-state index in [-0.39, 0.29) is 6.54 Å². The smallest absolute Gasteiger partial charge is 0.316 e. The second-order valence-corrected chi connectivity index (χ2v) is 4.98. The van der Waals surface area contributed by atoms with Gasteiger partial charge in [-0.05, 0) is 6.08 Å². The van der Waals surface area contributed by atoms with Crippen LogP contribution in [0.3, 0.4) is 0 Å². The van der Waals surface area contributed by atoms with Gasteiger partial charge in [-0.3, -0.25) is 9.59 Å². The highest BCUT2D eigenvalue weighted by Crippen LogP contribution is 2.33. The quantitative estimate of drug-likeness (QED) is 0.578. The van der Waals surface area contributed by atoms with Gasteiger partial charge >= 0.3 is 5.97 Å². The van der Waals surface area contributed by atoms with E-state index < -0.39 is 35.5 Å². The molecule has 2 N–H and O–H groups in total. The van der Waals surface area contributed by atoms with E-state index in [9.17, 15) is 14.0 Å². The summed E-state index contributed by atoms with van der Waals surface area (Å²) in [5.74, 6) is 0.269. The monoisotopic (exact) mass is 278 g/mol. The van der Waals surface area contributed by atoms with Crippen LogP contribution in [0.4, 0.5) is 4.39 Å². The standard InChI is InChI=1S/C14H15FN2O3/c1-17(2)8-4-3-5-9(11(15)6-8)10-7-16-13(18)12(10)14(19)20/h4,6,9-10,12H,7H2,1-2H3,(H,16,18)(H,19,20)/t9?,10?,12-/m0/s1. The molecule has 0 saturated carbocycles. The van der Waals surface area contributed by atoms with E-state index >= 15 is 0 Å². The number of likely N-dealkylation sites (N-methyl/N-ethyl adjacent to an activating group) is 1. The minimum atomic E-state index is -1.26. The van der Waals surface area contributed by atoms with Crippen molar-refractivity contribution in [2.24, 2.45) is 17.8 Å². The first kappa shape index (κ1) is 14.1. The van der Waals surface area contributed by atoms with Crippen molar-refractivity contribution in [3.63, 3.8) is 0 Å². The van der Waals surface area contributed by atoms with Crippen LogP contribution in [0.5, 0.6) is 0 Å². The second kappa shape index (κ2) is 5.37. The molecule has 2 rings (SSSR count). The van der Waals surface area contributed by atoms with Crippen LogP contribution < -0.4 is 5.32 Å². The molecule has 3 atom stereocenters. The number of hydrogen-bond acceptors (Lipinski definition) is 3. The van der Waals surface area contributed by atoms with Crippen molar-refractivity contribution in [3.8, 4) is 11.8 Å². The molecule has 106 valence electrons. The maximum absolute atomic E-state index is 14.3. The van der Waals surface area contributed by atoms with E-state index in [1.165, 1.54) is 6.08 Å². The number of carbonyl (C=O) groups is 2. The van der Waals surface area contributed by atoms with E-state index in [2.05, 4.69) is 17.2 Å². The lowest BCUT2D eigenvalue weighted by Gasteiger charge is -2.19. The van der Waals surface area contributed by atoms with E-state index in [0.717, 1.165) is 0 Å². The van der Waals surface area contributed by atoms with Gasteiger partial charge in [0, 0.05) is 38.3 Å². The fourth-order valence-corrected chi connectivity index (χ4v) is 2.36.